The van der Waals surface area contributed by atoms with E-state index in [4.69, 9.17) is 0 Å². The number of pyridine rings is 1. The maximum atomic E-state index is 14.2. The van der Waals surface area contributed by atoms with Crippen molar-refractivity contribution < 1.29 is 13.6 Å². The van der Waals surface area contributed by atoms with Crippen LogP contribution >= 0.6 is 27.3 Å². The van der Waals surface area contributed by atoms with E-state index in [1.807, 2.05) is 0 Å². The van der Waals surface area contributed by atoms with Crippen LogP contribution in [-0.4, -0.2) is 10.9 Å². The van der Waals surface area contributed by atoms with E-state index in [2.05, 4.69) is 20.9 Å². The molecule has 0 saturated heterocycles. The van der Waals surface area contributed by atoms with Gasteiger partial charge in [-0.3, -0.25) is 14.7 Å². The predicted molar refractivity (Wildman–Crippen MR) is 93.1 cm³/mol. The van der Waals surface area contributed by atoms with Gasteiger partial charge in [0.2, 0.25) is 0 Å². The molecule has 0 saturated carbocycles. The number of thiophene rings is 1. The lowest BCUT2D eigenvalue weighted by Gasteiger charge is -2.22. The standard InChI is InChI=1S/C17H11BrF2N2OS/c18-13-6-8-24-16(13)17(23)22(10-12-3-1-2-7-21-12)15-5-4-11(19)9-14(15)20/h1-9H,10H2. The number of benzene rings is 1. The van der Waals surface area contributed by atoms with Crippen LogP contribution in [0.5, 0.6) is 0 Å². The van der Waals surface area contributed by atoms with Crippen LogP contribution in [0.4, 0.5) is 14.5 Å². The molecule has 0 unspecified atom stereocenters. The number of rotatable bonds is 4. The van der Waals surface area contributed by atoms with Crippen LogP contribution in [0.15, 0.2) is 58.5 Å². The van der Waals surface area contributed by atoms with Crippen LogP contribution in [0.3, 0.4) is 0 Å². The molecule has 2 aromatic heterocycles. The van der Waals surface area contributed by atoms with E-state index in [0.717, 1.165) is 12.1 Å². The highest BCUT2D eigenvalue weighted by molar-refractivity contribution is 9.10. The van der Waals surface area contributed by atoms with E-state index in [1.54, 1.807) is 35.8 Å². The van der Waals surface area contributed by atoms with Gasteiger partial charge in [0, 0.05) is 16.7 Å². The summed E-state index contributed by atoms with van der Waals surface area (Å²) in [6, 6.07) is 10.2. The van der Waals surface area contributed by atoms with Crippen LogP contribution < -0.4 is 4.90 Å². The zero-order chi connectivity index (χ0) is 17.1. The van der Waals surface area contributed by atoms with Crippen LogP contribution in [-0.2, 0) is 6.54 Å². The quantitative estimate of drug-likeness (QED) is 0.606. The molecular weight excluding hydrogens is 398 g/mol. The monoisotopic (exact) mass is 408 g/mol. The molecule has 0 N–H and O–H groups in total. The molecule has 3 nitrogen and oxygen atoms in total. The lowest BCUT2D eigenvalue weighted by atomic mass is 10.2. The molecule has 7 heteroatoms. The molecule has 0 spiro atoms. The molecule has 1 amide bonds. The minimum absolute atomic E-state index is 0.00681. The Balaban J connectivity index is 2.03. The van der Waals surface area contributed by atoms with Crippen molar-refractivity contribution in [2.45, 2.75) is 6.54 Å². The van der Waals surface area contributed by atoms with E-state index in [9.17, 15) is 13.6 Å². The minimum Gasteiger partial charge on any atom is -0.299 e. The lowest BCUT2D eigenvalue weighted by molar-refractivity contribution is 0.0987. The SMILES string of the molecule is O=C(c1sccc1Br)N(Cc1ccccn1)c1ccc(F)cc1F. The Hall–Kier alpha value is -2.12. The Morgan fingerprint density at radius 1 is 1.21 bits per heavy atom. The first-order valence-corrected chi connectivity index (χ1v) is 8.63. The predicted octanol–water partition coefficient (Wildman–Crippen LogP) is 5.03. The summed E-state index contributed by atoms with van der Waals surface area (Å²) < 4.78 is 28.1. The van der Waals surface area contributed by atoms with Gasteiger partial charge in [-0.2, -0.15) is 0 Å². The van der Waals surface area contributed by atoms with Crippen LogP contribution in [0.2, 0.25) is 0 Å². The first-order chi connectivity index (χ1) is 11.6. The second-order valence-electron chi connectivity index (χ2n) is 4.91. The summed E-state index contributed by atoms with van der Waals surface area (Å²) in [5.74, 6) is -1.88. The maximum absolute atomic E-state index is 14.2. The Bertz CT molecular complexity index is 870. The maximum Gasteiger partial charge on any atom is 0.269 e. The molecule has 24 heavy (non-hydrogen) atoms. The van der Waals surface area contributed by atoms with Crippen LogP contribution in [0.1, 0.15) is 15.4 Å². The van der Waals surface area contributed by atoms with Gasteiger partial charge in [0.1, 0.15) is 16.5 Å². The normalized spacial score (nSPS) is 10.6. The van der Waals surface area contributed by atoms with Gasteiger partial charge in [0.15, 0.2) is 0 Å². The smallest absolute Gasteiger partial charge is 0.269 e. The fourth-order valence-corrected chi connectivity index (χ4v) is 3.68. The number of nitrogens with zero attached hydrogens (tertiary/aromatic N) is 2. The average Bonchev–Trinajstić information content (AvgIpc) is 3.00. The summed E-state index contributed by atoms with van der Waals surface area (Å²) in [6.07, 6.45) is 1.60. The summed E-state index contributed by atoms with van der Waals surface area (Å²) in [5.41, 5.74) is 0.606. The molecule has 0 aliphatic carbocycles. The first kappa shape index (κ1) is 16.7. The molecular formula is C17H11BrF2N2OS. The number of aromatic nitrogens is 1. The number of hydrogen-bond donors (Lipinski definition) is 0. The Kier molecular flexibility index (Phi) is 5.01. The second-order valence-corrected chi connectivity index (χ2v) is 6.68. The Morgan fingerprint density at radius 3 is 2.67 bits per heavy atom. The molecule has 1 aromatic carbocycles. The third-order valence-corrected chi connectivity index (χ3v) is 5.13. The van der Waals surface area contributed by atoms with Crippen molar-refractivity contribution in [2.24, 2.45) is 0 Å². The number of carbonyl (C=O) groups excluding carboxylic acids is 1. The summed E-state index contributed by atoms with van der Waals surface area (Å²) in [5, 5.41) is 1.76. The fraction of sp³-hybridized carbons (Fsp3) is 0.0588. The lowest BCUT2D eigenvalue weighted by Crippen LogP contribution is -2.31. The number of hydrogen-bond acceptors (Lipinski definition) is 3. The third kappa shape index (κ3) is 3.52. The van der Waals surface area contributed by atoms with Gasteiger partial charge < -0.3 is 0 Å². The van der Waals surface area contributed by atoms with Crippen LogP contribution in [0, 0.1) is 11.6 Å². The minimum atomic E-state index is -0.799. The summed E-state index contributed by atoms with van der Waals surface area (Å²) in [7, 11) is 0. The molecule has 2 heterocycles. The highest BCUT2D eigenvalue weighted by atomic mass is 79.9. The fourth-order valence-electron chi connectivity index (χ4n) is 2.19. The number of amides is 1. The van der Waals surface area contributed by atoms with Gasteiger partial charge >= 0.3 is 0 Å². The Morgan fingerprint density at radius 2 is 2.04 bits per heavy atom. The summed E-state index contributed by atoms with van der Waals surface area (Å²) >= 11 is 4.56. The zero-order valence-corrected chi connectivity index (χ0v) is 14.7. The topological polar surface area (TPSA) is 33.2 Å². The van der Waals surface area contributed by atoms with E-state index in [-0.39, 0.29) is 18.1 Å². The largest absolute Gasteiger partial charge is 0.299 e. The highest BCUT2D eigenvalue weighted by Crippen LogP contribution is 2.29. The molecule has 0 aliphatic heterocycles. The second kappa shape index (κ2) is 7.19. The van der Waals surface area contributed by atoms with Gasteiger partial charge in [-0.05, 0) is 51.6 Å². The van der Waals surface area contributed by atoms with Gasteiger partial charge in [-0.25, -0.2) is 8.78 Å². The molecule has 0 atom stereocenters. The van der Waals surface area contributed by atoms with Crippen molar-refractivity contribution in [1.29, 1.82) is 0 Å². The zero-order valence-electron chi connectivity index (χ0n) is 12.2. The number of halogens is 3. The highest BCUT2D eigenvalue weighted by Gasteiger charge is 2.24. The van der Waals surface area contributed by atoms with Gasteiger partial charge in [0.25, 0.3) is 5.91 Å². The summed E-state index contributed by atoms with van der Waals surface area (Å²) in [6.45, 7) is 0.0760. The molecule has 0 bridgehead atoms. The first-order valence-electron chi connectivity index (χ1n) is 6.96. The average molecular weight is 409 g/mol. The van der Waals surface area contributed by atoms with E-state index in [1.165, 1.54) is 22.3 Å². The van der Waals surface area contributed by atoms with E-state index < -0.39 is 11.6 Å². The third-order valence-electron chi connectivity index (χ3n) is 3.30. The molecule has 3 rings (SSSR count). The van der Waals surface area contributed by atoms with Crippen molar-refractivity contribution in [2.75, 3.05) is 4.90 Å². The number of carbonyl (C=O) groups is 1. The molecule has 0 radical (unpaired) electrons. The molecule has 122 valence electrons. The van der Waals surface area contributed by atoms with Gasteiger partial charge in [-0.15, -0.1) is 11.3 Å². The molecule has 3 aromatic rings. The van der Waals surface area contributed by atoms with Crippen molar-refractivity contribution in [1.82, 2.24) is 4.98 Å². The van der Waals surface area contributed by atoms with Crippen LogP contribution in [0.25, 0.3) is 0 Å². The Labute approximate surface area is 149 Å². The van der Waals surface area contributed by atoms with Crippen molar-refractivity contribution in [3.63, 3.8) is 0 Å². The van der Waals surface area contributed by atoms with Crippen molar-refractivity contribution >= 4 is 38.9 Å². The summed E-state index contributed by atoms with van der Waals surface area (Å²) in [4.78, 5) is 18.8. The van der Waals surface area contributed by atoms with Gasteiger partial charge in [-0.1, -0.05) is 6.07 Å². The molecule has 0 fully saturated rings. The van der Waals surface area contributed by atoms with E-state index >= 15 is 0 Å². The van der Waals surface area contributed by atoms with E-state index in [0.29, 0.717) is 15.0 Å². The van der Waals surface area contributed by atoms with Crippen molar-refractivity contribution in [3.05, 3.63) is 80.7 Å². The van der Waals surface area contributed by atoms with Gasteiger partial charge in [0.05, 0.1) is 17.9 Å². The van der Waals surface area contributed by atoms with Crippen molar-refractivity contribution in [3.8, 4) is 0 Å². The molecule has 0 aliphatic rings. The number of anilines is 1.